The molecule has 0 aromatic carbocycles. The second kappa shape index (κ2) is 9.23. The number of carbonyl (C=O) groups excluding carboxylic acids is 1. The lowest BCUT2D eigenvalue weighted by Gasteiger charge is -2.29. The Hall–Kier alpha value is -4.01. The molecule has 4 rings (SSSR count). The second-order valence-electron chi connectivity index (χ2n) is 8.24. The van der Waals surface area contributed by atoms with E-state index in [0.29, 0.717) is 11.6 Å². The molecule has 0 saturated carbocycles. The number of aromatic nitrogens is 4. The molecular formula is C24H28N8O. The summed E-state index contributed by atoms with van der Waals surface area (Å²) in [6, 6.07) is 3.66. The van der Waals surface area contributed by atoms with E-state index in [1.165, 1.54) is 0 Å². The van der Waals surface area contributed by atoms with Gasteiger partial charge in [-0.1, -0.05) is 0 Å². The summed E-state index contributed by atoms with van der Waals surface area (Å²) in [4.78, 5) is 27.0. The number of likely N-dealkylation sites (N-methyl/N-ethyl adjacent to an activating group) is 1. The maximum Gasteiger partial charge on any atom is 0.247 e. The Balaban J connectivity index is 1.61. The molecule has 1 fully saturated rings. The second-order valence-corrected chi connectivity index (χ2v) is 8.24. The average Bonchev–Trinajstić information content (AvgIpc) is 3.26. The van der Waals surface area contributed by atoms with Gasteiger partial charge in [0, 0.05) is 37.6 Å². The maximum absolute atomic E-state index is 12.5. The van der Waals surface area contributed by atoms with Crippen LogP contribution in [0.25, 0.3) is 16.3 Å². The Bertz CT molecular complexity index is 1270. The van der Waals surface area contributed by atoms with Gasteiger partial charge in [-0.3, -0.25) is 14.5 Å². The summed E-state index contributed by atoms with van der Waals surface area (Å²) in [6.45, 7) is 8.24. The number of likely N-dealkylation sites (tertiary alicyclic amines) is 1. The number of nitrogen functional groups attached to an aromatic ring is 1. The molecule has 0 aliphatic carbocycles. The first-order chi connectivity index (χ1) is 15.9. The van der Waals surface area contributed by atoms with Crippen molar-refractivity contribution in [2.45, 2.75) is 32.7 Å². The highest BCUT2D eigenvalue weighted by Crippen LogP contribution is 2.28. The van der Waals surface area contributed by atoms with Gasteiger partial charge in [-0.05, 0) is 68.1 Å². The van der Waals surface area contributed by atoms with E-state index >= 15 is 0 Å². The van der Waals surface area contributed by atoms with Gasteiger partial charge >= 0.3 is 0 Å². The summed E-state index contributed by atoms with van der Waals surface area (Å²) in [5.41, 5.74) is 9.79. The van der Waals surface area contributed by atoms with Crippen molar-refractivity contribution in [2.24, 2.45) is 4.99 Å². The third kappa shape index (κ3) is 4.62. The number of nitrogens with two attached hydrogens (primary N) is 1. The number of hydrogen-bond acceptors (Lipinski definition) is 7. The molecule has 0 spiro atoms. The van der Waals surface area contributed by atoms with Crippen LogP contribution < -0.4 is 11.1 Å². The van der Waals surface area contributed by atoms with Crippen LogP contribution in [0.4, 0.5) is 17.3 Å². The Labute approximate surface area is 192 Å². The summed E-state index contributed by atoms with van der Waals surface area (Å²) < 4.78 is 1.73. The van der Waals surface area contributed by atoms with E-state index in [0.717, 1.165) is 52.7 Å². The van der Waals surface area contributed by atoms with Gasteiger partial charge in [0.15, 0.2) is 0 Å². The predicted molar refractivity (Wildman–Crippen MR) is 132 cm³/mol. The zero-order chi connectivity index (χ0) is 23.5. The zero-order valence-electron chi connectivity index (χ0n) is 19.1. The van der Waals surface area contributed by atoms with Gasteiger partial charge in [0.2, 0.25) is 5.91 Å². The highest BCUT2D eigenvalue weighted by Gasteiger charge is 2.28. The topological polar surface area (TPSA) is 114 Å². The molecule has 0 radical (unpaired) electrons. The first-order valence-corrected chi connectivity index (χ1v) is 10.8. The smallest absolute Gasteiger partial charge is 0.247 e. The Morgan fingerprint density at radius 3 is 2.94 bits per heavy atom. The van der Waals surface area contributed by atoms with Crippen molar-refractivity contribution in [3.05, 3.63) is 54.3 Å². The quantitative estimate of drug-likeness (QED) is 0.439. The number of fused-ring (bicyclic) bond motifs is 1. The molecule has 1 saturated heterocycles. The molecule has 3 N–H and O–H groups in total. The normalized spacial score (nSPS) is 17.5. The largest absolute Gasteiger partial charge is 0.383 e. The van der Waals surface area contributed by atoms with E-state index in [1.54, 1.807) is 28.2 Å². The third-order valence-electron chi connectivity index (χ3n) is 5.98. The Morgan fingerprint density at radius 1 is 1.33 bits per heavy atom. The van der Waals surface area contributed by atoms with Crippen LogP contribution in [0.2, 0.25) is 0 Å². The molecule has 1 amide bonds. The molecule has 0 unspecified atom stereocenters. The lowest BCUT2D eigenvalue weighted by atomic mass is 10.0. The first-order valence-electron chi connectivity index (χ1n) is 10.8. The summed E-state index contributed by atoms with van der Waals surface area (Å²) in [5.74, 6) is 1.17. The van der Waals surface area contributed by atoms with Crippen LogP contribution in [-0.2, 0) is 4.79 Å². The van der Waals surface area contributed by atoms with Crippen molar-refractivity contribution >= 4 is 46.3 Å². The minimum absolute atomic E-state index is 0.0904. The van der Waals surface area contributed by atoms with Crippen LogP contribution in [0.5, 0.6) is 0 Å². The first kappa shape index (κ1) is 22.2. The summed E-state index contributed by atoms with van der Waals surface area (Å²) in [7, 11) is 1.83. The molecule has 1 aliphatic rings. The average molecular weight is 445 g/mol. The highest BCUT2D eigenvalue weighted by atomic mass is 16.2. The summed E-state index contributed by atoms with van der Waals surface area (Å²) in [6.07, 6.45) is 10.5. The number of nitrogens with one attached hydrogen (secondary N) is 1. The van der Waals surface area contributed by atoms with E-state index < -0.39 is 0 Å². The Kier molecular flexibility index (Phi) is 6.21. The van der Waals surface area contributed by atoms with E-state index in [1.807, 2.05) is 45.3 Å². The molecule has 9 heteroatoms. The molecular weight excluding hydrogens is 416 g/mol. The number of anilines is 3. The number of nitrogens with zero attached hydrogens (tertiary/aromatic N) is 6. The predicted octanol–water partition coefficient (Wildman–Crippen LogP) is 3.95. The number of carbonyl (C=O) groups is 1. The van der Waals surface area contributed by atoms with Gasteiger partial charge in [-0.25, -0.2) is 9.97 Å². The van der Waals surface area contributed by atoms with Gasteiger partial charge in [0.1, 0.15) is 17.7 Å². The molecule has 3 aromatic heterocycles. The fourth-order valence-corrected chi connectivity index (χ4v) is 3.90. The number of hydrogen-bond donors (Lipinski definition) is 2. The highest BCUT2D eigenvalue weighted by molar-refractivity contribution is 5.94. The molecule has 9 nitrogen and oxygen atoms in total. The Morgan fingerprint density at radius 2 is 2.15 bits per heavy atom. The molecule has 33 heavy (non-hydrogen) atoms. The van der Waals surface area contributed by atoms with Gasteiger partial charge in [0.05, 0.1) is 17.6 Å². The van der Waals surface area contributed by atoms with Crippen molar-refractivity contribution in [1.29, 1.82) is 0 Å². The SMILES string of the molecule is C=N/C=C\C(C)=C(/C)c1cc2cc(Nc3cnn([C@H]4CCCN(C)C4=O)c3)ncc2c(N)n1. The van der Waals surface area contributed by atoms with Crippen LogP contribution in [0.15, 0.2) is 53.6 Å². The van der Waals surface area contributed by atoms with Crippen molar-refractivity contribution < 1.29 is 4.79 Å². The number of amides is 1. The molecule has 4 heterocycles. The number of piperidine rings is 1. The minimum Gasteiger partial charge on any atom is -0.383 e. The molecule has 170 valence electrons. The van der Waals surface area contributed by atoms with Crippen molar-refractivity contribution in [2.75, 3.05) is 24.6 Å². The minimum atomic E-state index is -0.263. The zero-order valence-corrected chi connectivity index (χ0v) is 19.1. The number of allylic oxidation sites excluding steroid dienone is 3. The van der Waals surface area contributed by atoms with Crippen LogP contribution >= 0.6 is 0 Å². The molecule has 3 aromatic rings. The van der Waals surface area contributed by atoms with Gasteiger partial charge in [-0.2, -0.15) is 5.10 Å². The molecule has 1 aliphatic heterocycles. The molecule has 1 atom stereocenters. The van der Waals surface area contributed by atoms with Crippen LogP contribution in [0.1, 0.15) is 38.4 Å². The van der Waals surface area contributed by atoms with Crippen molar-refractivity contribution in [3.63, 3.8) is 0 Å². The number of pyridine rings is 2. The lowest BCUT2D eigenvalue weighted by Crippen LogP contribution is -2.39. The summed E-state index contributed by atoms with van der Waals surface area (Å²) >= 11 is 0. The molecule has 0 bridgehead atoms. The standard InChI is InChI=1S/C24H28N8O/c1-15(7-8-26-3)16(2)20-10-17-11-22(27-13-19(17)23(25)30-20)29-18-12-28-32(14-18)21-6-5-9-31(4)24(21)33/h7-8,10-14,21H,3,5-6,9H2,1-2,4H3,(H2,25,30)(H,27,29)/b8-7-,16-15+/t21-/m0/s1. The van der Waals surface area contributed by atoms with Gasteiger partial charge in [0.25, 0.3) is 0 Å². The third-order valence-corrected chi connectivity index (χ3v) is 5.98. The van der Waals surface area contributed by atoms with Crippen molar-refractivity contribution in [1.82, 2.24) is 24.6 Å². The van der Waals surface area contributed by atoms with Gasteiger partial charge in [-0.15, -0.1) is 0 Å². The van der Waals surface area contributed by atoms with Crippen LogP contribution in [-0.4, -0.2) is 50.9 Å². The number of aliphatic imine (C=N–C) groups is 1. The van der Waals surface area contributed by atoms with E-state index in [4.69, 9.17) is 5.73 Å². The lowest BCUT2D eigenvalue weighted by molar-refractivity contribution is -0.136. The fourth-order valence-electron chi connectivity index (χ4n) is 3.90. The monoisotopic (exact) mass is 444 g/mol. The maximum atomic E-state index is 12.5. The number of rotatable bonds is 6. The van der Waals surface area contributed by atoms with Crippen LogP contribution in [0.3, 0.4) is 0 Å². The van der Waals surface area contributed by atoms with E-state index in [-0.39, 0.29) is 11.9 Å². The van der Waals surface area contributed by atoms with Gasteiger partial charge < -0.3 is 16.0 Å². The van der Waals surface area contributed by atoms with Crippen molar-refractivity contribution in [3.8, 4) is 0 Å². The van der Waals surface area contributed by atoms with E-state index in [2.05, 4.69) is 32.1 Å². The fraction of sp³-hybridized carbons (Fsp3) is 0.292. The van der Waals surface area contributed by atoms with Crippen LogP contribution in [0, 0.1) is 0 Å². The summed E-state index contributed by atoms with van der Waals surface area (Å²) in [5, 5.41) is 9.38. The van der Waals surface area contributed by atoms with E-state index in [9.17, 15) is 4.79 Å².